The number of aromatic nitrogens is 2. The van der Waals surface area contributed by atoms with Gasteiger partial charge in [0, 0.05) is 42.8 Å². The molecule has 0 spiro atoms. The predicted molar refractivity (Wildman–Crippen MR) is 140 cm³/mol. The first-order valence-electron chi connectivity index (χ1n) is 11.4. The molecule has 0 aliphatic heterocycles. The molecule has 0 aliphatic carbocycles. The van der Waals surface area contributed by atoms with Crippen molar-refractivity contribution in [2.24, 2.45) is 0 Å². The van der Waals surface area contributed by atoms with Gasteiger partial charge in [-0.1, -0.05) is 43.0 Å². The van der Waals surface area contributed by atoms with Crippen molar-refractivity contribution in [3.8, 4) is 0 Å². The Bertz CT molecular complexity index is 1290. The number of likely N-dealkylation sites (N-methyl/N-ethyl adjacent to an activating group) is 2. The summed E-state index contributed by atoms with van der Waals surface area (Å²) in [6, 6.07) is 17.3. The average molecular weight is 440 g/mol. The van der Waals surface area contributed by atoms with Crippen LogP contribution < -0.4 is 5.73 Å². The van der Waals surface area contributed by atoms with Gasteiger partial charge in [-0.15, -0.1) is 0 Å². The van der Waals surface area contributed by atoms with Crippen molar-refractivity contribution < 1.29 is 0 Å². The second kappa shape index (κ2) is 9.59. The van der Waals surface area contributed by atoms with E-state index in [1.165, 1.54) is 16.7 Å². The van der Waals surface area contributed by atoms with E-state index in [9.17, 15) is 0 Å². The van der Waals surface area contributed by atoms with Gasteiger partial charge in [0.2, 0.25) is 0 Å². The molecular formula is C28H33N5. The molecule has 0 saturated carbocycles. The lowest BCUT2D eigenvalue weighted by Crippen LogP contribution is -2.27. The lowest BCUT2D eigenvalue weighted by Gasteiger charge is -2.23. The van der Waals surface area contributed by atoms with Crippen LogP contribution in [0, 0.1) is 6.92 Å². The summed E-state index contributed by atoms with van der Waals surface area (Å²) in [5, 5.41) is 2.17. The zero-order valence-corrected chi connectivity index (χ0v) is 20.1. The molecule has 0 amide bonds. The lowest BCUT2D eigenvalue weighted by molar-refractivity contribution is 0.349. The van der Waals surface area contributed by atoms with Gasteiger partial charge < -0.3 is 15.5 Å². The number of anilines is 1. The highest BCUT2D eigenvalue weighted by atomic mass is 15.2. The Morgan fingerprint density at radius 1 is 0.909 bits per heavy atom. The van der Waals surface area contributed by atoms with Crippen molar-refractivity contribution in [2.75, 3.05) is 40.0 Å². The summed E-state index contributed by atoms with van der Waals surface area (Å²) in [6.07, 6.45) is 3.80. The zero-order chi connectivity index (χ0) is 23.5. The predicted octanol–water partition coefficient (Wildman–Crippen LogP) is 4.92. The third-order valence-corrected chi connectivity index (χ3v) is 6.20. The van der Waals surface area contributed by atoms with E-state index in [0.717, 1.165) is 59.0 Å². The highest BCUT2D eigenvalue weighted by Crippen LogP contribution is 2.28. The molecule has 170 valence electrons. The quantitative estimate of drug-likeness (QED) is 0.395. The number of fused-ring (bicyclic) bond motifs is 3. The number of hydrogen-bond donors (Lipinski definition) is 1. The monoisotopic (exact) mass is 439 g/mol. The highest BCUT2D eigenvalue weighted by molar-refractivity contribution is 6.08. The number of nitrogens with zero attached hydrogens (tertiary/aromatic N) is 4. The summed E-state index contributed by atoms with van der Waals surface area (Å²) in [6.45, 7) is 8.30. The summed E-state index contributed by atoms with van der Waals surface area (Å²) >= 11 is 0. The van der Waals surface area contributed by atoms with Crippen LogP contribution in [0.25, 0.3) is 27.5 Å². The van der Waals surface area contributed by atoms with Crippen LogP contribution in [0.1, 0.15) is 22.3 Å². The molecule has 2 heterocycles. The van der Waals surface area contributed by atoms with E-state index in [-0.39, 0.29) is 0 Å². The molecule has 0 atom stereocenters. The Morgan fingerprint density at radius 3 is 2.36 bits per heavy atom. The van der Waals surface area contributed by atoms with E-state index in [1.807, 2.05) is 6.20 Å². The molecule has 2 aromatic carbocycles. The summed E-state index contributed by atoms with van der Waals surface area (Å²) in [7, 11) is 6.27. The Kier molecular flexibility index (Phi) is 6.61. The van der Waals surface area contributed by atoms with Gasteiger partial charge in [-0.05, 0) is 68.2 Å². The second-order valence-electron chi connectivity index (χ2n) is 9.13. The van der Waals surface area contributed by atoms with E-state index in [1.54, 1.807) is 0 Å². The molecule has 0 bridgehead atoms. The summed E-state index contributed by atoms with van der Waals surface area (Å²) in [5.41, 5.74) is 13.8. The van der Waals surface area contributed by atoms with Gasteiger partial charge in [0.05, 0.1) is 5.52 Å². The maximum Gasteiger partial charge on any atom is 0.150 e. The Labute approximate surface area is 196 Å². The number of benzene rings is 2. The Hall–Kier alpha value is -3.44. The summed E-state index contributed by atoms with van der Waals surface area (Å²) in [4.78, 5) is 13.6. The molecule has 2 N–H and O–H groups in total. The number of rotatable bonds is 8. The smallest absolute Gasteiger partial charge is 0.150 e. The van der Waals surface area contributed by atoms with Crippen LogP contribution in [0.3, 0.4) is 0 Å². The average Bonchev–Trinajstić information content (AvgIpc) is 2.80. The number of aryl methyl sites for hydroxylation is 3. The molecular weight excluding hydrogens is 406 g/mol. The minimum absolute atomic E-state index is 0.487. The maximum atomic E-state index is 6.19. The molecule has 4 aromatic rings. The maximum absolute atomic E-state index is 6.19. The standard InChI is InChI=1S/C28H33N5/c1-19-6-13-24-25-17-22(18-30-27(25)28(29)31-26(24)16-19)8-7-21-9-11-23(12-10-21)20(2)33(5)15-14-32(3)4/h6,9-13,16-18H,2,7-8,14-15H2,1,3-5H3,(H2,29,31). The minimum atomic E-state index is 0.487. The first-order chi connectivity index (χ1) is 15.8. The number of nitrogens with two attached hydrogens (primary N) is 1. The van der Waals surface area contributed by atoms with Crippen LogP contribution in [-0.4, -0.2) is 54.0 Å². The molecule has 0 radical (unpaired) electrons. The lowest BCUT2D eigenvalue weighted by atomic mass is 10.0. The van der Waals surface area contributed by atoms with Gasteiger partial charge in [0.25, 0.3) is 0 Å². The van der Waals surface area contributed by atoms with Crippen molar-refractivity contribution >= 4 is 33.3 Å². The van der Waals surface area contributed by atoms with E-state index in [0.29, 0.717) is 5.82 Å². The molecule has 0 saturated heterocycles. The molecule has 2 aromatic heterocycles. The minimum Gasteiger partial charge on any atom is -0.382 e. The van der Waals surface area contributed by atoms with E-state index >= 15 is 0 Å². The molecule has 5 nitrogen and oxygen atoms in total. The van der Waals surface area contributed by atoms with Crippen LogP contribution in [0.4, 0.5) is 5.82 Å². The van der Waals surface area contributed by atoms with Gasteiger partial charge >= 0.3 is 0 Å². The molecule has 33 heavy (non-hydrogen) atoms. The SMILES string of the molecule is C=C(c1ccc(CCc2cnc3c(N)nc4cc(C)ccc4c3c2)cc1)N(C)CCN(C)C. The first-order valence-corrected chi connectivity index (χ1v) is 11.4. The topological polar surface area (TPSA) is 58.3 Å². The zero-order valence-electron chi connectivity index (χ0n) is 20.1. The third-order valence-electron chi connectivity index (χ3n) is 6.20. The molecule has 0 fully saturated rings. The normalized spacial score (nSPS) is 11.4. The Morgan fingerprint density at radius 2 is 1.64 bits per heavy atom. The number of nitrogen functional groups attached to an aromatic ring is 1. The molecule has 5 heteroatoms. The fraction of sp³-hybridized carbons (Fsp3) is 0.286. The van der Waals surface area contributed by atoms with Gasteiger partial charge in [-0.3, -0.25) is 4.98 Å². The van der Waals surface area contributed by atoms with Crippen LogP contribution >= 0.6 is 0 Å². The van der Waals surface area contributed by atoms with Crippen LogP contribution in [-0.2, 0) is 12.8 Å². The second-order valence-corrected chi connectivity index (χ2v) is 9.13. The summed E-state index contributed by atoms with van der Waals surface area (Å²) < 4.78 is 0. The Balaban J connectivity index is 1.48. The fourth-order valence-electron chi connectivity index (χ4n) is 4.06. The third kappa shape index (κ3) is 5.15. The van der Waals surface area contributed by atoms with Crippen LogP contribution in [0.15, 0.2) is 61.3 Å². The van der Waals surface area contributed by atoms with Gasteiger partial charge in [-0.2, -0.15) is 0 Å². The van der Waals surface area contributed by atoms with Gasteiger partial charge in [-0.25, -0.2) is 4.98 Å². The van der Waals surface area contributed by atoms with E-state index in [4.69, 9.17) is 5.73 Å². The molecule has 0 unspecified atom stereocenters. The van der Waals surface area contributed by atoms with Crippen molar-refractivity contribution in [1.29, 1.82) is 0 Å². The van der Waals surface area contributed by atoms with Crippen molar-refractivity contribution in [3.63, 3.8) is 0 Å². The first kappa shape index (κ1) is 22.7. The van der Waals surface area contributed by atoms with Crippen LogP contribution in [0.2, 0.25) is 0 Å². The molecule has 0 aliphatic rings. The highest BCUT2D eigenvalue weighted by Gasteiger charge is 2.10. The van der Waals surface area contributed by atoms with Crippen molar-refractivity contribution in [1.82, 2.24) is 19.8 Å². The molecule has 4 rings (SSSR count). The fourth-order valence-corrected chi connectivity index (χ4v) is 4.06. The van der Waals surface area contributed by atoms with E-state index in [2.05, 4.69) is 103 Å². The van der Waals surface area contributed by atoms with Crippen molar-refractivity contribution in [2.45, 2.75) is 19.8 Å². The van der Waals surface area contributed by atoms with Gasteiger partial charge in [0.1, 0.15) is 5.52 Å². The van der Waals surface area contributed by atoms with Gasteiger partial charge in [0.15, 0.2) is 5.82 Å². The number of pyridine rings is 2. The van der Waals surface area contributed by atoms with E-state index < -0.39 is 0 Å². The largest absolute Gasteiger partial charge is 0.382 e. The van der Waals surface area contributed by atoms with Crippen LogP contribution in [0.5, 0.6) is 0 Å². The van der Waals surface area contributed by atoms with Crippen molar-refractivity contribution in [3.05, 3.63) is 83.6 Å². The number of hydrogen-bond acceptors (Lipinski definition) is 5. The summed E-state index contributed by atoms with van der Waals surface area (Å²) in [5.74, 6) is 0.487.